The summed E-state index contributed by atoms with van der Waals surface area (Å²) in [6.07, 6.45) is 0. The summed E-state index contributed by atoms with van der Waals surface area (Å²) in [7, 11) is 4.55. The molecular weight excluding hydrogens is 337 g/mol. The molecule has 1 rings (SSSR count). The highest BCUT2D eigenvalue weighted by Crippen LogP contribution is 2.17. The van der Waals surface area contributed by atoms with Crippen molar-refractivity contribution in [3.8, 4) is 16.9 Å². The standard InChI is InChI=1S/C11H10INO2S/c1-13-11(14)9-5-8(3-4-16-12)6-10(7-9)15-2/h5-7H,1-2H3,(H,13,14). The minimum absolute atomic E-state index is 0.149. The molecule has 5 heteroatoms. The Balaban J connectivity index is 3.15. The summed E-state index contributed by atoms with van der Waals surface area (Å²) in [5.74, 6) is 3.41. The van der Waals surface area contributed by atoms with Crippen LogP contribution < -0.4 is 10.1 Å². The molecule has 1 aromatic rings. The lowest BCUT2D eigenvalue weighted by Gasteiger charge is -2.04. The molecule has 0 radical (unpaired) electrons. The molecule has 0 aliphatic carbocycles. The van der Waals surface area contributed by atoms with Gasteiger partial charge in [-0.2, -0.15) is 0 Å². The van der Waals surface area contributed by atoms with Gasteiger partial charge in [0, 0.05) is 39.4 Å². The highest BCUT2D eigenvalue weighted by atomic mass is 127. The molecule has 84 valence electrons. The van der Waals surface area contributed by atoms with Crippen molar-refractivity contribution >= 4 is 36.0 Å². The van der Waals surface area contributed by atoms with Gasteiger partial charge in [0.05, 0.1) is 7.11 Å². The molecule has 0 aromatic heterocycles. The van der Waals surface area contributed by atoms with Gasteiger partial charge in [-0.3, -0.25) is 4.79 Å². The highest BCUT2D eigenvalue weighted by molar-refractivity contribution is 14.2. The van der Waals surface area contributed by atoms with Gasteiger partial charge in [0.2, 0.25) is 0 Å². The lowest BCUT2D eigenvalue weighted by Crippen LogP contribution is -2.17. The lowest BCUT2D eigenvalue weighted by atomic mass is 10.1. The number of nitrogens with one attached hydrogen (secondary N) is 1. The van der Waals surface area contributed by atoms with E-state index >= 15 is 0 Å². The predicted octanol–water partition coefficient (Wildman–Crippen LogP) is 2.45. The Kier molecular flexibility index (Phi) is 5.49. The van der Waals surface area contributed by atoms with Crippen LogP contribution in [0.4, 0.5) is 0 Å². The third kappa shape index (κ3) is 3.61. The summed E-state index contributed by atoms with van der Waals surface area (Å²) in [6.45, 7) is 0. The minimum Gasteiger partial charge on any atom is -0.497 e. The van der Waals surface area contributed by atoms with Crippen molar-refractivity contribution in [1.29, 1.82) is 0 Å². The molecule has 0 aliphatic heterocycles. The van der Waals surface area contributed by atoms with Crippen LogP contribution in [0.5, 0.6) is 5.75 Å². The van der Waals surface area contributed by atoms with Crippen molar-refractivity contribution in [2.45, 2.75) is 0 Å². The normalized spacial score (nSPS) is 8.94. The first-order valence-corrected chi connectivity index (χ1v) is 7.77. The summed E-state index contributed by atoms with van der Waals surface area (Å²) in [6, 6.07) is 5.22. The van der Waals surface area contributed by atoms with Crippen LogP contribution in [0.2, 0.25) is 0 Å². The molecule has 1 aromatic carbocycles. The van der Waals surface area contributed by atoms with Crippen LogP contribution in [0, 0.1) is 11.2 Å². The zero-order chi connectivity index (χ0) is 12.0. The van der Waals surface area contributed by atoms with E-state index in [-0.39, 0.29) is 5.91 Å². The average molecular weight is 347 g/mol. The number of benzene rings is 1. The Labute approximate surface area is 111 Å². The van der Waals surface area contributed by atoms with Crippen molar-refractivity contribution < 1.29 is 9.53 Å². The van der Waals surface area contributed by atoms with Crippen molar-refractivity contribution in [3.05, 3.63) is 29.3 Å². The smallest absolute Gasteiger partial charge is 0.251 e. The van der Waals surface area contributed by atoms with Crippen LogP contribution in [0.15, 0.2) is 18.2 Å². The van der Waals surface area contributed by atoms with E-state index in [2.05, 4.69) is 37.7 Å². The fraction of sp³-hybridized carbons (Fsp3) is 0.182. The summed E-state index contributed by atoms with van der Waals surface area (Å²) in [5.41, 5.74) is 1.31. The van der Waals surface area contributed by atoms with Gasteiger partial charge in [-0.1, -0.05) is 5.92 Å². The second-order valence-corrected chi connectivity index (χ2v) is 4.51. The van der Waals surface area contributed by atoms with Gasteiger partial charge in [0.1, 0.15) is 5.75 Å². The SMILES string of the molecule is CNC(=O)c1cc(C#CSI)cc(OC)c1. The molecule has 1 N–H and O–H groups in total. The monoisotopic (exact) mass is 347 g/mol. The molecule has 3 nitrogen and oxygen atoms in total. The molecule has 0 fully saturated rings. The summed E-state index contributed by atoms with van der Waals surface area (Å²) < 4.78 is 5.11. The Morgan fingerprint density at radius 3 is 2.81 bits per heavy atom. The number of rotatable bonds is 2. The van der Waals surface area contributed by atoms with E-state index in [1.807, 2.05) is 0 Å². The molecule has 1 amide bonds. The van der Waals surface area contributed by atoms with E-state index < -0.39 is 0 Å². The number of hydrogen-bond donors (Lipinski definition) is 1. The molecule has 0 saturated heterocycles. The van der Waals surface area contributed by atoms with Crippen molar-refractivity contribution in [1.82, 2.24) is 5.32 Å². The molecule has 0 atom stereocenters. The first-order chi connectivity index (χ1) is 7.71. The molecule has 0 heterocycles. The van der Waals surface area contributed by atoms with E-state index in [0.29, 0.717) is 11.3 Å². The lowest BCUT2D eigenvalue weighted by molar-refractivity contribution is 0.0962. The van der Waals surface area contributed by atoms with Gasteiger partial charge in [-0.25, -0.2) is 0 Å². The van der Waals surface area contributed by atoms with Crippen LogP contribution >= 0.6 is 30.1 Å². The van der Waals surface area contributed by atoms with Crippen molar-refractivity contribution in [2.75, 3.05) is 14.2 Å². The summed E-state index contributed by atoms with van der Waals surface area (Å²) in [5, 5.41) is 5.43. The van der Waals surface area contributed by atoms with E-state index in [1.165, 1.54) is 8.93 Å². The Hall–Kier alpha value is -0.870. The molecule has 0 aliphatic rings. The number of amides is 1. The zero-order valence-electron chi connectivity index (χ0n) is 8.83. The van der Waals surface area contributed by atoms with Gasteiger partial charge in [-0.05, 0) is 32.4 Å². The maximum Gasteiger partial charge on any atom is 0.251 e. The van der Waals surface area contributed by atoms with Crippen LogP contribution in [0.1, 0.15) is 15.9 Å². The maximum absolute atomic E-state index is 11.5. The highest BCUT2D eigenvalue weighted by Gasteiger charge is 2.06. The van der Waals surface area contributed by atoms with E-state index in [9.17, 15) is 4.79 Å². The number of carbonyl (C=O) groups excluding carboxylic acids is 1. The topological polar surface area (TPSA) is 38.3 Å². The summed E-state index contributed by atoms with van der Waals surface area (Å²) >= 11 is 2.09. The van der Waals surface area contributed by atoms with Crippen molar-refractivity contribution in [2.24, 2.45) is 0 Å². The molecular formula is C11H10INO2S. The fourth-order valence-electron chi connectivity index (χ4n) is 1.14. The quantitative estimate of drug-likeness (QED) is 0.660. The van der Waals surface area contributed by atoms with Gasteiger partial charge in [0.25, 0.3) is 5.91 Å². The molecule has 16 heavy (non-hydrogen) atoms. The van der Waals surface area contributed by atoms with Gasteiger partial charge < -0.3 is 10.1 Å². The first-order valence-electron chi connectivity index (χ1n) is 4.41. The minimum atomic E-state index is -0.149. The first kappa shape index (κ1) is 13.2. The Bertz CT molecular complexity index is 451. The number of halogens is 1. The third-order valence-corrected chi connectivity index (χ3v) is 2.71. The number of hydrogen-bond acceptors (Lipinski definition) is 3. The second kappa shape index (κ2) is 6.66. The van der Waals surface area contributed by atoms with Crippen LogP contribution in [0.25, 0.3) is 0 Å². The van der Waals surface area contributed by atoms with E-state index in [1.54, 1.807) is 32.4 Å². The second-order valence-electron chi connectivity index (χ2n) is 2.83. The molecule has 0 saturated carbocycles. The zero-order valence-corrected chi connectivity index (χ0v) is 11.8. The number of carbonyl (C=O) groups is 1. The summed E-state index contributed by atoms with van der Waals surface area (Å²) in [4.78, 5) is 11.5. The Morgan fingerprint density at radius 1 is 1.50 bits per heavy atom. The fourth-order valence-corrected chi connectivity index (χ4v) is 1.63. The van der Waals surface area contributed by atoms with Crippen LogP contribution in [0.3, 0.4) is 0 Å². The van der Waals surface area contributed by atoms with Gasteiger partial charge >= 0.3 is 0 Å². The van der Waals surface area contributed by atoms with Crippen molar-refractivity contribution in [3.63, 3.8) is 0 Å². The van der Waals surface area contributed by atoms with E-state index in [0.717, 1.165) is 5.56 Å². The Morgan fingerprint density at radius 2 is 2.25 bits per heavy atom. The van der Waals surface area contributed by atoms with Gasteiger partial charge in [0.15, 0.2) is 0 Å². The molecule has 0 spiro atoms. The average Bonchev–Trinajstić information content (AvgIpc) is 2.34. The van der Waals surface area contributed by atoms with Gasteiger partial charge in [-0.15, -0.1) is 0 Å². The largest absolute Gasteiger partial charge is 0.497 e. The van der Waals surface area contributed by atoms with E-state index in [4.69, 9.17) is 4.74 Å². The molecule has 0 bridgehead atoms. The van der Waals surface area contributed by atoms with Crippen LogP contribution in [-0.4, -0.2) is 20.1 Å². The van der Waals surface area contributed by atoms with Crippen LogP contribution in [-0.2, 0) is 0 Å². The third-order valence-electron chi connectivity index (χ3n) is 1.87. The number of methoxy groups -OCH3 is 1. The number of ether oxygens (including phenoxy) is 1. The molecule has 0 unspecified atom stereocenters. The maximum atomic E-state index is 11.5. The predicted molar refractivity (Wildman–Crippen MR) is 74.9 cm³/mol.